The Kier molecular flexibility index (Phi) is 5.08. The van der Waals surface area contributed by atoms with Crippen LogP contribution in [0.4, 0.5) is 0 Å². The standard InChI is InChI=1S/C12H21N3OS/c1-7(2)5-8(3)14-11(16)10-6-17-12(15-10)9(4)13/h6-9H,5,13H2,1-4H3,(H,14,16). The van der Waals surface area contributed by atoms with E-state index in [0.717, 1.165) is 11.4 Å². The van der Waals surface area contributed by atoms with Crippen molar-refractivity contribution in [3.8, 4) is 0 Å². The van der Waals surface area contributed by atoms with Crippen molar-refractivity contribution < 1.29 is 4.79 Å². The van der Waals surface area contributed by atoms with Crippen molar-refractivity contribution >= 4 is 17.2 Å². The fourth-order valence-corrected chi connectivity index (χ4v) is 2.42. The van der Waals surface area contributed by atoms with E-state index in [1.165, 1.54) is 11.3 Å². The summed E-state index contributed by atoms with van der Waals surface area (Å²) in [6, 6.07) is 0.0533. The second-order valence-electron chi connectivity index (χ2n) is 4.86. The summed E-state index contributed by atoms with van der Waals surface area (Å²) in [4.78, 5) is 16.1. The van der Waals surface area contributed by atoms with E-state index in [0.29, 0.717) is 11.6 Å². The van der Waals surface area contributed by atoms with Gasteiger partial charge in [-0.3, -0.25) is 4.79 Å². The summed E-state index contributed by atoms with van der Waals surface area (Å²) in [7, 11) is 0. The first-order valence-electron chi connectivity index (χ1n) is 5.92. The predicted molar refractivity (Wildman–Crippen MR) is 71.1 cm³/mol. The Bertz CT molecular complexity index is 374. The van der Waals surface area contributed by atoms with Crippen LogP contribution < -0.4 is 11.1 Å². The molecule has 2 atom stereocenters. The Hall–Kier alpha value is -0.940. The number of hydrogen-bond acceptors (Lipinski definition) is 4. The molecule has 0 spiro atoms. The third-order valence-corrected chi connectivity index (χ3v) is 3.39. The predicted octanol–water partition coefficient (Wildman–Crippen LogP) is 2.33. The molecule has 17 heavy (non-hydrogen) atoms. The highest BCUT2D eigenvalue weighted by Crippen LogP contribution is 2.16. The van der Waals surface area contributed by atoms with Crippen LogP contribution in [-0.2, 0) is 0 Å². The first-order valence-corrected chi connectivity index (χ1v) is 6.80. The van der Waals surface area contributed by atoms with Crippen LogP contribution in [0.3, 0.4) is 0 Å². The number of thiazole rings is 1. The van der Waals surface area contributed by atoms with Gasteiger partial charge in [0.15, 0.2) is 0 Å². The van der Waals surface area contributed by atoms with Crippen LogP contribution in [0.2, 0.25) is 0 Å². The zero-order valence-corrected chi connectivity index (χ0v) is 11.7. The molecule has 0 saturated carbocycles. The van der Waals surface area contributed by atoms with Crippen molar-refractivity contribution in [3.63, 3.8) is 0 Å². The fourth-order valence-electron chi connectivity index (χ4n) is 1.66. The highest BCUT2D eigenvalue weighted by Gasteiger charge is 2.15. The van der Waals surface area contributed by atoms with Crippen molar-refractivity contribution in [2.24, 2.45) is 11.7 Å². The second kappa shape index (κ2) is 6.12. The minimum atomic E-state index is -0.116. The molecule has 0 aromatic carbocycles. The van der Waals surface area contributed by atoms with Crippen LogP contribution in [0.1, 0.15) is 55.7 Å². The lowest BCUT2D eigenvalue weighted by atomic mass is 10.1. The van der Waals surface area contributed by atoms with Gasteiger partial charge < -0.3 is 11.1 Å². The van der Waals surface area contributed by atoms with Crippen LogP contribution in [0.5, 0.6) is 0 Å². The van der Waals surface area contributed by atoms with E-state index in [4.69, 9.17) is 5.73 Å². The number of nitrogens with one attached hydrogen (secondary N) is 1. The molecule has 0 aliphatic heterocycles. The highest BCUT2D eigenvalue weighted by molar-refractivity contribution is 7.09. The zero-order valence-electron chi connectivity index (χ0n) is 10.9. The van der Waals surface area contributed by atoms with E-state index in [1.807, 2.05) is 13.8 Å². The molecule has 2 unspecified atom stereocenters. The van der Waals surface area contributed by atoms with E-state index >= 15 is 0 Å². The Morgan fingerprint density at radius 1 is 1.47 bits per heavy atom. The maximum atomic E-state index is 11.9. The molecule has 1 amide bonds. The van der Waals surface area contributed by atoms with E-state index in [-0.39, 0.29) is 18.0 Å². The molecule has 1 aromatic rings. The molecule has 0 aliphatic rings. The summed E-state index contributed by atoms with van der Waals surface area (Å²) in [5.74, 6) is 0.460. The monoisotopic (exact) mass is 255 g/mol. The molecule has 1 heterocycles. The molecule has 0 fully saturated rings. The van der Waals surface area contributed by atoms with Crippen molar-refractivity contribution in [2.75, 3.05) is 0 Å². The molecule has 0 aliphatic carbocycles. The third kappa shape index (κ3) is 4.44. The average Bonchev–Trinajstić information content (AvgIpc) is 2.64. The van der Waals surface area contributed by atoms with E-state index in [1.54, 1.807) is 5.38 Å². The van der Waals surface area contributed by atoms with Crippen LogP contribution in [0.25, 0.3) is 0 Å². The van der Waals surface area contributed by atoms with Gasteiger partial charge in [-0.15, -0.1) is 11.3 Å². The highest BCUT2D eigenvalue weighted by atomic mass is 32.1. The number of nitrogens with zero attached hydrogens (tertiary/aromatic N) is 1. The van der Waals surface area contributed by atoms with E-state index in [2.05, 4.69) is 24.1 Å². The van der Waals surface area contributed by atoms with Gasteiger partial charge in [-0.25, -0.2) is 4.98 Å². The second-order valence-corrected chi connectivity index (χ2v) is 5.75. The van der Waals surface area contributed by atoms with E-state index < -0.39 is 0 Å². The molecule has 3 N–H and O–H groups in total. The lowest BCUT2D eigenvalue weighted by molar-refractivity contribution is 0.0931. The van der Waals surface area contributed by atoms with Gasteiger partial charge in [-0.05, 0) is 26.2 Å². The number of amides is 1. The van der Waals surface area contributed by atoms with Gasteiger partial charge in [0, 0.05) is 11.4 Å². The van der Waals surface area contributed by atoms with Gasteiger partial charge in [0.1, 0.15) is 10.7 Å². The van der Waals surface area contributed by atoms with Crippen LogP contribution in [0.15, 0.2) is 5.38 Å². The lowest BCUT2D eigenvalue weighted by Gasteiger charge is -2.14. The molecule has 4 nitrogen and oxygen atoms in total. The first-order chi connectivity index (χ1) is 7.90. The molecule has 5 heteroatoms. The first kappa shape index (κ1) is 14.1. The van der Waals surface area contributed by atoms with Gasteiger partial charge in [-0.2, -0.15) is 0 Å². The van der Waals surface area contributed by atoms with Gasteiger partial charge in [-0.1, -0.05) is 13.8 Å². The summed E-state index contributed by atoms with van der Waals surface area (Å²) >= 11 is 1.43. The number of nitrogens with two attached hydrogens (primary N) is 1. The van der Waals surface area contributed by atoms with Gasteiger partial charge >= 0.3 is 0 Å². The number of aromatic nitrogens is 1. The van der Waals surface area contributed by atoms with Crippen molar-refractivity contribution in [1.29, 1.82) is 0 Å². The molecule has 1 aromatic heterocycles. The summed E-state index contributed by atoms with van der Waals surface area (Å²) in [6.07, 6.45) is 0.968. The molecule has 0 radical (unpaired) electrons. The van der Waals surface area contributed by atoms with E-state index in [9.17, 15) is 4.79 Å². The Morgan fingerprint density at radius 2 is 2.12 bits per heavy atom. The summed E-state index contributed by atoms with van der Waals surface area (Å²) < 4.78 is 0. The summed E-state index contributed by atoms with van der Waals surface area (Å²) in [5, 5.41) is 5.50. The molecule has 0 bridgehead atoms. The Labute approximate surface area is 107 Å². The Balaban J connectivity index is 2.57. The lowest BCUT2D eigenvalue weighted by Crippen LogP contribution is -2.33. The fraction of sp³-hybridized carbons (Fsp3) is 0.667. The Morgan fingerprint density at radius 3 is 2.59 bits per heavy atom. The molecular weight excluding hydrogens is 234 g/mol. The summed E-state index contributed by atoms with van der Waals surface area (Å²) in [5.41, 5.74) is 6.18. The van der Waals surface area contributed by atoms with Gasteiger partial charge in [0.25, 0.3) is 5.91 Å². The normalized spacial score (nSPS) is 14.7. The number of carbonyl (C=O) groups excluding carboxylic acids is 1. The quantitative estimate of drug-likeness (QED) is 0.848. The van der Waals surface area contributed by atoms with Crippen LogP contribution >= 0.6 is 11.3 Å². The summed E-state index contributed by atoms with van der Waals surface area (Å²) in [6.45, 7) is 8.15. The molecule has 1 rings (SSSR count). The molecule has 0 saturated heterocycles. The largest absolute Gasteiger partial charge is 0.348 e. The van der Waals surface area contributed by atoms with Crippen LogP contribution in [-0.4, -0.2) is 16.9 Å². The maximum Gasteiger partial charge on any atom is 0.270 e. The maximum absolute atomic E-state index is 11.9. The van der Waals surface area contributed by atoms with Crippen LogP contribution in [0, 0.1) is 5.92 Å². The topological polar surface area (TPSA) is 68.0 Å². The average molecular weight is 255 g/mol. The minimum absolute atomic E-state index is 0.110. The number of rotatable bonds is 5. The SMILES string of the molecule is CC(C)CC(C)NC(=O)c1csc(C(C)N)n1. The number of hydrogen-bond donors (Lipinski definition) is 2. The number of carbonyl (C=O) groups is 1. The van der Waals surface area contributed by atoms with Crippen molar-refractivity contribution in [3.05, 3.63) is 16.1 Å². The molecule has 96 valence electrons. The minimum Gasteiger partial charge on any atom is -0.348 e. The van der Waals surface area contributed by atoms with Gasteiger partial charge in [0.2, 0.25) is 0 Å². The van der Waals surface area contributed by atoms with Crippen molar-refractivity contribution in [2.45, 2.75) is 46.2 Å². The van der Waals surface area contributed by atoms with Crippen molar-refractivity contribution in [1.82, 2.24) is 10.3 Å². The third-order valence-electron chi connectivity index (χ3n) is 2.35. The molecular formula is C12H21N3OS. The smallest absolute Gasteiger partial charge is 0.270 e. The van der Waals surface area contributed by atoms with Gasteiger partial charge in [0.05, 0.1) is 6.04 Å². The zero-order chi connectivity index (χ0) is 13.0.